The van der Waals surface area contributed by atoms with Gasteiger partial charge in [-0.25, -0.2) is 0 Å². The van der Waals surface area contributed by atoms with E-state index < -0.39 is 0 Å². The fourth-order valence-corrected chi connectivity index (χ4v) is 2.61. The molecular formula is C16H23N3O. The van der Waals surface area contributed by atoms with Crippen LogP contribution in [0.4, 0.5) is 0 Å². The summed E-state index contributed by atoms with van der Waals surface area (Å²) in [6, 6.07) is 6.25. The molecule has 0 saturated heterocycles. The van der Waals surface area contributed by atoms with Crippen LogP contribution < -0.4 is 10.5 Å². The number of rotatable bonds is 5. The Kier molecular flexibility index (Phi) is 4.45. The second kappa shape index (κ2) is 6.09. The number of hydrogen-bond acceptors (Lipinski definition) is 3. The number of nitrogens with zero attached hydrogens (tertiary/aromatic N) is 2. The Morgan fingerprint density at radius 3 is 2.60 bits per heavy atom. The quantitative estimate of drug-likeness (QED) is 0.910. The third-order valence-corrected chi connectivity index (χ3v) is 3.72. The molecule has 0 bridgehead atoms. The lowest BCUT2D eigenvalue weighted by atomic mass is 10.1. The smallest absolute Gasteiger partial charge is 0.121 e. The van der Waals surface area contributed by atoms with Crippen molar-refractivity contribution in [3.8, 4) is 5.75 Å². The third-order valence-electron chi connectivity index (χ3n) is 3.72. The maximum absolute atomic E-state index is 5.66. The first-order chi connectivity index (χ1) is 9.56. The van der Waals surface area contributed by atoms with E-state index in [0.717, 1.165) is 30.0 Å². The number of ether oxygens (including phenoxy) is 1. The maximum Gasteiger partial charge on any atom is 0.121 e. The lowest BCUT2D eigenvalue weighted by Gasteiger charge is -2.09. The average Bonchev–Trinajstić information content (AvgIpc) is 2.67. The molecule has 1 heterocycles. The summed E-state index contributed by atoms with van der Waals surface area (Å²) in [7, 11) is 1.70. The molecule has 0 radical (unpaired) electrons. The summed E-state index contributed by atoms with van der Waals surface area (Å²) < 4.78 is 7.35. The van der Waals surface area contributed by atoms with Gasteiger partial charge >= 0.3 is 0 Å². The Labute approximate surface area is 120 Å². The lowest BCUT2D eigenvalue weighted by Crippen LogP contribution is -2.07. The minimum atomic E-state index is 0.662. The summed E-state index contributed by atoms with van der Waals surface area (Å²) in [5.41, 5.74) is 11.6. The van der Waals surface area contributed by atoms with E-state index in [9.17, 15) is 0 Å². The van der Waals surface area contributed by atoms with Gasteiger partial charge in [-0.3, -0.25) is 4.68 Å². The van der Waals surface area contributed by atoms with E-state index in [2.05, 4.69) is 35.8 Å². The standard InChI is InChI=1S/C16H23N3O/c1-11-9-14(5-6-16(11)20-4)10-19-13(3)15(7-8-17)12(2)18-19/h5-6,9H,7-8,10,17H2,1-4H3. The molecule has 0 atom stereocenters. The van der Waals surface area contributed by atoms with Gasteiger partial charge in [0.1, 0.15) is 5.75 Å². The van der Waals surface area contributed by atoms with Crippen molar-refractivity contribution < 1.29 is 4.74 Å². The van der Waals surface area contributed by atoms with Crippen LogP contribution in [-0.2, 0) is 13.0 Å². The predicted octanol–water partition coefficient (Wildman–Crippen LogP) is 2.37. The van der Waals surface area contributed by atoms with Gasteiger partial charge in [0.2, 0.25) is 0 Å². The van der Waals surface area contributed by atoms with Crippen molar-refractivity contribution >= 4 is 0 Å². The van der Waals surface area contributed by atoms with E-state index in [-0.39, 0.29) is 0 Å². The molecule has 2 N–H and O–H groups in total. The SMILES string of the molecule is COc1ccc(Cn2nc(C)c(CCN)c2C)cc1C. The molecule has 1 aromatic heterocycles. The Balaban J connectivity index is 2.26. The van der Waals surface area contributed by atoms with Crippen LogP contribution in [0.15, 0.2) is 18.2 Å². The van der Waals surface area contributed by atoms with Crippen molar-refractivity contribution in [3.05, 3.63) is 46.3 Å². The molecule has 0 amide bonds. The minimum Gasteiger partial charge on any atom is -0.496 e. The Bertz CT molecular complexity index is 602. The number of methoxy groups -OCH3 is 1. The van der Waals surface area contributed by atoms with E-state index >= 15 is 0 Å². The molecule has 0 aliphatic rings. The van der Waals surface area contributed by atoms with Gasteiger partial charge < -0.3 is 10.5 Å². The van der Waals surface area contributed by atoms with Crippen LogP contribution >= 0.6 is 0 Å². The first-order valence-electron chi connectivity index (χ1n) is 6.93. The van der Waals surface area contributed by atoms with Crippen LogP contribution in [0.25, 0.3) is 0 Å². The van der Waals surface area contributed by atoms with Crippen molar-refractivity contribution in [2.45, 2.75) is 33.7 Å². The zero-order chi connectivity index (χ0) is 14.7. The zero-order valence-corrected chi connectivity index (χ0v) is 12.7. The third kappa shape index (κ3) is 2.85. The number of benzene rings is 1. The zero-order valence-electron chi connectivity index (χ0n) is 12.7. The Morgan fingerprint density at radius 1 is 1.25 bits per heavy atom. The average molecular weight is 273 g/mol. The van der Waals surface area contributed by atoms with Crippen LogP contribution in [0.5, 0.6) is 5.75 Å². The van der Waals surface area contributed by atoms with Crippen LogP contribution in [0, 0.1) is 20.8 Å². The van der Waals surface area contributed by atoms with Crippen molar-refractivity contribution in [1.82, 2.24) is 9.78 Å². The number of nitrogens with two attached hydrogens (primary N) is 1. The van der Waals surface area contributed by atoms with Crippen molar-refractivity contribution in [1.29, 1.82) is 0 Å². The molecule has 0 aliphatic heterocycles. The number of aromatic nitrogens is 2. The van der Waals surface area contributed by atoms with Gasteiger partial charge in [0.25, 0.3) is 0 Å². The fourth-order valence-electron chi connectivity index (χ4n) is 2.61. The molecule has 4 heteroatoms. The largest absolute Gasteiger partial charge is 0.496 e. The number of hydrogen-bond donors (Lipinski definition) is 1. The van der Waals surface area contributed by atoms with E-state index in [0.29, 0.717) is 6.54 Å². The van der Waals surface area contributed by atoms with Gasteiger partial charge in [-0.05, 0) is 56.5 Å². The first-order valence-corrected chi connectivity index (χ1v) is 6.93. The van der Waals surface area contributed by atoms with Gasteiger partial charge in [0.05, 0.1) is 19.3 Å². The highest BCUT2D eigenvalue weighted by Gasteiger charge is 2.11. The summed E-state index contributed by atoms with van der Waals surface area (Å²) in [4.78, 5) is 0. The normalized spacial score (nSPS) is 10.8. The van der Waals surface area contributed by atoms with Gasteiger partial charge in [-0.1, -0.05) is 12.1 Å². The molecule has 108 valence electrons. The summed E-state index contributed by atoms with van der Waals surface area (Å²) in [6.45, 7) is 7.66. The highest BCUT2D eigenvalue weighted by atomic mass is 16.5. The first kappa shape index (κ1) is 14.6. The van der Waals surface area contributed by atoms with Crippen molar-refractivity contribution in [2.24, 2.45) is 5.73 Å². The molecule has 0 spiro atoms. The van der Waals surface area contributed by atoms with E-state index in [1.807, 2.05) is 13.0 Å². The van der Waals surface area contributed by atoms with Crippen LogP contribution in [0.3, 0.4) is 0 Å². The minimum absolute atomic E-state index is 0.662. The second-order valence-corrected chi connectivity index (χ2v) is 5.15. The molecule has 4 nitrogen and oxygen atoms in total. The molecular weight excluding hydrogens is 250 g/mol. The molecule has 0 aliphatic carbocycles. The predicted molar refractivity (Wildman–Crippen MR) is 81.3 cm³/mol. The molecule has 0 saturated carbocycles. The topological polar surface area (TPSA) is 53.1 Å². The molecule has 1 aromatic carbocycles. The van der Waals surface area contributed by atoms with Crippen LogP contribution in [0.2, 0.25) is 0 Å². The van der Waals surface area contributed by atoms with E-state index in [1.54, 1.807) is 7.11 Å². The number of aryl methyl sites for hydroxylation is 2. The molecule has 0 fully saturated rings. The van der Waals surface area contributed by atoms with E-state index in [1.165, 1.54) is 16.8 Å². The second-order valence-electron chi connectivity index (χ2n) is 5.15. The van der Waals surface area contributed by atoms with Crippen LogP contribution in [0.1, 0.15) is 28.1 Å². The maximum atomic E-state index is 5.66. The lowest BCUT2D eigenvalue weighted by molar-refractivity contribution is 0.411. The van der Waals surface area contributed by atoms with Gasteiger partial charge in [-0.15, -0.1) is 0 Å². The highest BCUT2D eigenvalue weighted by Crippen LogP contribution is 2.20. The molecule has 0 unspecified atom stereocenters. The summed E-state index contributed by atoms with van der Waals surface area (Å²) in [6.07, 6.45) is 0.888. The molecule has 20 heavy (non-hydrogen) atoms. The Morgan fingerprint density at radius 2 is 2.00 bits per heavy atom. The summed E-state index contributed by atoms with van der Waals surface area (Å²) in [5, 5.41) is 4.63. The van der Waals surface area contributed by atoms with Crippen molar-refractivity contribution in [2.75, 3.05) is 13.7 Å². The highest BCUT2D eigenvalue weighted by molar-refractivity contribution is 5.36. The van der Waals surface area contributed by atoms with Crippen LogP contribution in [-0.4, -0.2) is 23.4 Å². The monoisotopic (exact) mass is 273 g/mol. The van der Waals surface area contributed by atoms with Gasteiger partial charge in [0.15, 0.2) is 0 Å². The summed E-state index contributed by atoms with van der Waals surface area (Å²) in [5.74, 6) is 0.922. The van der Waals surface area contributed by atoms with Crippen molar-refractivity contribution in [3.63, 3.8) is 0 Å². The summed E-state index contributed by atoms with van der Waals surface area (Å²) >= 11 is 0. The fraction of sp³-hybridized carbons (Fsp3) is 0.438. The van der Waals surface area contributed by atoms with Gasteiger partial charge in [0, 0.05) is 5.69 Å². The molecule has 2 aromatic rings. The Hall–Kier alpha value is -1.81. The van der Waals surface area contributed by atoms with E-state index in [4.69, 9.17) is 10.5 Å². The van der Waals surface area contributed by atoms with Gasteiger partial charge in [-0.2, -0.15) is 5.10 Å². The molecule has 2 rings (SSSR count).